The first-order valence-corrected chi connectivity index (χ1v) is 5.34. The smallest absolute Gasteiger partial charge is 0.241 e. The highest BCUT2D eigenvalue weighted by Gasteiger charge is 2.14. The van der Waals surface area contributed by atoms with E-state index in [1.807, 2.05) is 13.0 Å². The van der Waals surface area contributed by atoms with E-state index in [0.29, 0.717) is 6.42 Å². The fourth-order valence-corrected chi connectivity index (χ4v) is 1.35. The Morgan fingerprint density at radius 1 is 1.65 bits per heavy atom. The minimum absolute atomic E-state index is 0.0422. The zero-order chi connectivity index (χ0) is 12.8. The molecule has 0 fully saturated rings. The maximum absolute atomic E-state index is 13.4. The average Bonchev–Trinajstić information content (AvgIpc) is 2.31. The van der Waals surface area contributed by atoms with E-state index in [9.17, 15) is 9.18 Å². The number of benzene rings is 1. The molecule has 1 aromatic rings. The van der Waals surface area contributed by atoms with Crippen molar-refractivity contribution in [3.63, 3.8) is 0 Å². The normalized spacial score (nSPS) is 11.6. The number of rotatable bonds is 4. The fraction of sp³-hybridized carbons (Fsp3) is 0.333. The number of nitriles is 1. The molecule has 1 rings (SSSR count). The number of carbonyl (C=O) groups excluding carboxylic acids is 1. The van der Waals surface area contributed by atoms with Gasteiger partial charge in [-0.15, -0.1) is 0 Å². The van der Waals surface area contributed by atoms with Gasteiger partial charge in [0.2, 0.25) is 5.91 Å². The van der Waals surface area contributed by atoms with E-state index >= 15 is 0 Å². The van der Waals surface area contributed by atoms with Crippen LogP contribution in [0.15, 0.2) is 18.2 Å². The Balaban J connectivity index is 2.76. The number of carbonyl (C=O) groups is 1. The highest BCUT2D eigenvalue weighted by molar-refractivity contribution is 5.94. The minimum atomic E-state index is -0.643. The monoisotopic (exact) mass is 235 g/mol. The predicted octanol–water partition coefficient (Wildman–Crippen LogP) is 1.76. The molecule has 0 saturated heterocycles. The largest absolute Gasteiger partial charge is 0.322 e. The zero-order valence-corrected chi connectivity index (χ0v) is 9.53. The molecule has 5 heteroatoms. The van der Waals surface area contributed by atoms with E-state index in [2.05, 4.69) is 5.32 Å². The molecule has 1 atom stereocenters. The average molecular weight is 235 g/mol. The molecule has 0 saturated carbocycles. The molecule has 0 unspecified atom stereocenters. The Labute approximate surface area is 99.2 Å². The topological polar surface area (TPSA) is 78.9 Å². The van der Waals surface area contributed by atoms with Crippen molar-refractivity contribution in [2.45, 2.75) is 25.8 Å². The molecule has 0 aliphatic carbocycles. The van der Waals surface area contributed by atoms with E-state index in [1.54, 1.807) is 0 Å². The van der Waals surface area contributed by atoms with Crippen LogP contribution in [0.25, 0.3) is 0 Å². The van der Waals surface area contributed by atoms with E-state index in [4.69, 9.17) is 11.0 Å². The first kappa shape index (κ1) is 13.1. The van der Waals surface area contributed by atoms with Gasteiger partial charge < -0.3 is 11.1 Å². The van der Waals surface area contributed by atoms with Gasteiger partial charge in [-0.25, -0.2) is 4.39 Å². The van der Waals surface area contributed by atoms with Crippen molar-refractivity contribution in [3.8, 4) is 6.07 Å². The summed E-state index contributed by atoms with van der Waals surface area (Å²) < 4.78 is 13.4. The molecule has 1 amide bonds. The van der Waals surface area contributed by atoms with Gasteiger partial charge in [0.05, 0.1) is 23.4 Å². The Morgan fingerprint density at radius 2 is 2.35 bits per heavy atom. The number of halogens is 1. The summed E-state index contributed by atoms with van der Waals surface area (Å²) in [7, 11) is 0. The summed E-state index contributed by atoms with van der Waals surface area (Å²) >= 11 is 0. The fourth-order valence-electron chi connectivity index (χ4n) is 1.35. The van der Waals surface area contributed by atoms with Gasteiger partial charge in [0.25, 0.3) is 0 Å². The predicted molar refractivity (Wildman–Crippen MR) is 62.6 cm³/mol. The third-order valence-electron chi connectivity index (χ3n) is 2.29. The van der Waals surface area contributed by atoms with Gasteiger partial charge in [-0.2, -0.15) is 5.26 Å². The number of nitrogens with one attached hydrogen (secondary N) is 1. The molecule has 0 aromatic heterocycles. The lowest BCUT2D eigenvalue weighted by Gasteiger charge is -2.11. The molecular weight excluding hydrogens is 221 g/mol. The lowest BCUT2D eigenvalue weighted by atomic mass is 10.1. The maximum Gasteiger partial charge on any atom is 0.241 e. The number of amides is 1. The summed E-state index contributed by atoms with van der Waals surface area (Å²) in [5.41, 5.74) is 5.84. The van der Waals surface area contributed by atoms with Crippen molar-refractivity contribution in [1.29, 1.82) is 5.26 Å². The highest BCUT2D eigenvalue weighted by Crippen LogP contribution is 2.15. The van der Waals surface area contributed by atoms with Crippen LogP contribution in [0.5, 0.6) is 0 Å². The second-order valence-electron chi connectivity index (χ2n) is 3.69. The van der Waals surface area contributed by atoms with Crippen molar-refractivity contribution in [2.24, 2.45) is 5.73 Å². The molecule has 0 aliphatic rings. The molecule has 17 heavy (non-hydrogen) atoms. The third-order valence-corrected chi connectivity index (χ3v) is 2.29. The van der Waals surface area contributed by atoms with Crippen molar-refractivity contribution < 1.29 is 9.18 Å². The number of anilines is 1. The summed E-state index contributed by atoms with van der Waals surface area (Å²) in [6.07, 6.45) is 1.33. The van der Waals surface area contributed by atoms with Crippen LogP contribution < -0.4 is 11.1 Å². The molecule has 90 valence electrons. The standard InChI is InChI=1S/C12H14FN3O/c1-2-3-10(15)12(17)16-11-5-4-8(7-14)6-9(11)13/h4-6,10H,2-3,15H2,1H3,(H,16,17)/t10-/m0/s1. The number of nitrogens with zero attached hydrogens (tertiary/aromatic N) is 1. The van der Waals surface area contributed by atoms with E-state index in [0.717, 1.165) is 12.5 Å². The third kappa shape index (κ3) is 3.54. The summed E-state index contributed by atoms with van der Waals surface area (Å²) in [6, 6.07) is 5.03. The molecule has 0 bridgehead atoms. The second kappa shape index (κ2) is 5.97. The van der Waals surface area contributed by atoms with Crippen LogP contribution in [-0.2, 0) is 4.79 Å². The summed E-state index contributed by atoms with van der Waals surface area (Å²) in [4.78, 5) is 11.5. The Morgan fingerprint density at radius 3 is 2.88 bits per heavy atom. The van der Waals surface area contributed by atoms with Gasteiger partial charge in [-0.05, 0) is 24.6 Å². The molecule has 1 aromatic carbocycles. The van der Waals surface area contributed by atoms with Crippen molar-refractivity contribution in [1.82, 2.24) is 0 Å². The van der Waals surface area contributed by atoms with Crippen LogP contribution in [0, 0.1) is 17.1 Å². The molecule has 0 radical (unpaired) electrons. The van der Waals surface area contributed by atoms with Crippen molar-refractivity contribution in [3.05, 3.63) is 29.6 Å². The van der Waals surface area contributed by atoms with Gasteiger partial charge in [-0.1, -0.05) is 13.3 Å². The van der Waals surface area contributed by atoms with Crippen molar-refractivity contribution in [2.75, 3.05) is 5.32 Å². The van der Waals surface area contributed by atoms with Gasteiger partial charge >= 0.3 is 0 Å². The Kier molecular flexibility index (Phi) is 4.61. The molecule has 0 aliphatic heterocycles. The van der Waals surface area contributed by atoms with Gasteiger partial charge in [-0.3, -0.25) is 4.79 Å². The first-order valence-electron chi connectivity index (χ1n) is 5.34. The van der Waals surface area contributed by atoms with Gasteiger partial charge in [0, 0.05) is 0 Å². The van der Waals surface area contributed by atoms with Crippen LogP contribution in [0.2, 0.25) is 0 Å². The second-order valence-corrected chi connectivity index (χ2v) is 3.69. The molecule has 4 nitrogen and oxygen atoms in total. The van der Waals surface area contributed by atoms with Crippen LogP contribution in [0.3, 0.4) is 0 Å². The van der Waals surface area contributed by atoms with Crippen LogP contribution >= 0.6 is 0 Å². The quantitative estimate of drug-likeness (QED) is 0.834. The summed E-state index contributed by atoms with van der Waals surface area (Å²) in [6.45, 7) is 1.91. The molecule has 3 N–H and O–H groups in total. The maximum atomic E-state index is 13.4. The molecule has 0 heterocycles. The number of hydrogen-bond donors (Lipinski definition) is 2. The van der Waals surface area contributed by atoms with E-state index < -0.39 is 17.8 Å². The summed E-state index contributed by atoms with van der Waals surface area (Å²) in [5, 5.41) is 11.0. The zero-order valence-electron chi connectivity index (χ0n) is 9.53. The Hall–Kier alpha value is -1.93. The minimum Gasteiger partial charge on any atom is -0.322 e. The first-order chi connectivity index (χ1) is 8.08. The number of hydrogen-bond acceptors (Lipinski definition) is 3. The van der Waals surface area contributed by atoms with E-state index in [1.165, 1.54) is 12.1 Å². The van der Waals surface area contributed by atoms with Crippen LogP contribution in [-0.4, -0.2) is 11.9 Å². The van der Waals surface area contributed by atoms with Crippen molar-refractivity contribution >= 4 is 11.6 Å². The molecular formula is C12H14FN3O. The highest BCUT2D eigenvalue weighted by atomic mass is 19.1. The van der Waals surface area contributed by atoms with E-state index in [-0.39, 0.29) is 11.3 Å². The lowest BCUT2D eigenvalue weighted by Crippen LogP contribution is -2.35. The number of nitrogens with two attached hydrogens (primary N) is 1. The van der Waals surface area contributed by atoms with Gasteiger partial charge in [0.1, 0.15) is 5.82 Å². The Bertz CT molecular complexity index is 454. The SMILES string of the molecule is CCC[C@H](N)C(=O)Nc1ccc(C#N)cc1F. The van der Waals surface area contributed by atoms with Crippen LogP contribution in [0.4, 0.5) is 10.1 Å². The van der Waals surface area contributed by atoms with Crippen LogP contribution in [0.1, 0.15) is 25.3 Å². The lowest BCUT2D eigenvalue weighted by molar-refractivity contribution is -0.117. The van der Waals surface area contributed by atoms with Gasteiger partial charge in [0.15, 0.2) is 0 Å². The summed E-state index contributed by atoms with van der Waals surface area (Å²) in [5.74, 6) is -1.06. The molecule has 0 spiro atoms.